The van der Waals surface area contributed by atoms with Crippen LogP contribution in [0.1, 0.15) is 25.7 Å². The lowest BCUT2D eigenvalue weighted by Gasteiger charge is -2.31. The van der Waals surface area contributed by atoms with E-state index in [1.54, 1.807) is 35.3 Å². The highest BCUT2D eigenvalue weighted by Crippen LogP contribution is 2.41. The van der Waals surface area contributed by atoms with E-state index in [0.717, 1.165) is 0 Å². The molecule has 1 aliphatic carbocycles. The zero-order chi connectivity index (χ0) is 17.2. The predicted octanol–water partition coefficient (Wildman–Crippen LogP) is 3.57. The monoisotopic (exact) mass is 338 g/mol. The molecule has 0 aromatic carbocycles. The van der Waals surface area contributed by atoms with Crippen molar-refractivity contribution in [3.05, 3.63) is 36.8 Å². The van der Waals surface area contributed by atoms with Gasteiger partial charge in [0.2, 0.25) is 5.91 Å². The highest BCUT2D eigenvalue weighted by atomic mass is 19.4. The van der Waals surface area contributed by atoms with Gasteiger partial charge in [-0.3, -0.25) is 4.79 Å². The smallest absolute Gasteiger partial charge is 0.324 e. The topological polar surface area (TPSA) is 59.8 Å². The maximum Gasteiger partial charge on any atom is 0.392 e. The SMILES string of the molecule is O=C(Nc1ccc(-n2cccn2)nc1)[C@H]1CCCC[C@@H]1C(F)(F)F. The molecule has 2 aromatic heterocycles. The normalized spacial score (nSPS) is 21.5. The Kier molecular flexibility index (Phi) is 4.55. The van der Waals surface area contributed by atoms with Gasteiger partial charge in [0.05, 0.1) is 17.8 Å². The molecule has 8 heteroatoms. The van der Waals surface area contributed by atoms with Crippen molar-refractivity contribution in [1.29, 1.82) is 0 Å². The number of hydrogen-bond acceptors (Lipinski definition) is 3. The number of carbonyl (C=O) groups excluding carboxylic acids is 1. The molecule has 0 spiro atoms. The molecule has 2 aromatic rings. The maximum absolute atomic E-state index is 13.1. The van der Waals surface area contributed by atoms with Crippen molar-refractivity contribution in [2.24, 2.45) is 11.8 Å². The largest absolute Gasteiger partial charge is 0.392 e. The van der Waals surface area contributed by atoms with Gasteiger partial charge in [-0.05, 0) is 31.0 Å². The Balaban J connectivity index is 1.69. The summed E-state index contributed by atoms with van der Waals surface area (Å²) in [5, 5.41) is 6.58. The molecular formula is C16H17F3N4O. The van der Waals surface area contributed by atoms with Gasteiger partial charge in [0.15, 0.2) is 5.82 Å². The Bertz CT molecular complexity index is 682. The molecule has 3 rings (SSSR count). The molecule has 1 aliphatic rings. The second kappa shape index (κ2) is 6.62. The first-order valence-electron chi connectivity index (χ1n) is 7.79. The lowest BCUT2D eigenvalue weighted by Crippen LogP contribution is -2.39. The van der Waals surface area contributed by atoms with E-state index in [1.165, 1.54) is 6.20 Å². The number of carbonyl (C=O) groups is 1. The fraction of sp³-hybridized carbons (Fsp3) is 0.438. The second-order valence-corrected chi connectivity index (χ2v) is 5.88. The van der Waals surface area contributed by atoms with Crippen LogP contribution < -0.4 is 5.32 Å². The Morgan fingerprint density at radius 3 is 2.67 bits per heavy atom. The molecule has 1 N–H and O–H groups in total. The molecule has 128 valence electrons. The molecular weight excluding hydrogens is 321 g/mol. The minimum absolute atomic E-state index is 0.0120. The molecule has 0 saturated heterocycles. The van der Waals surface area contributed by atoms with Gasteiger partial charge >= 0.3 is 6.18 Å². The van der Waals surface area contributed by atoms with E-state index in [0.29, 0.717) is 24.3 Å². The molecule has 2 heterocycles. The van der Waals surface area contributed by atoms with Gasteiger partial charge < -0.3 is 5.32 Å². The number of nitrogens with one attached hydrogen (secondary N) is 1. The number of alkyl halides is 3. The average Bonchev–Trinajstić information content (AvgIpc) is 3.09. The second-order valence-electron chi connectivity index (χ2n) is 5.88. The molecule has 1 fully saturated rings. The van der Waals surface area contributed by atoms with Crippen LogP contribution in [0.25, 0.3) is 5.82 Å². The van der Waals surface area contributed by atoms with Gasteiger partial charge in [-0.25, -0.2) is 9.67 Å². The number of aromatic nitrogens is 3. The zero-order valence-corrected chi connectivity index (χ0v) is 12.8. The quantitative estimate of drug-likeness (QED) is 0.931. The minimum Gasteiger partial charge on any atom is -0.324 e. The van der Waals surface area contributed by atoms with Crippen molar-refractivity contribution in [3.63, 3.8) is 0 Å². The minimum atomic E-state index is -4.34. The average molecular weight is 338 g/mol. The number of pyridine rings is 1. The van der Waals surface area contributed by atoms with Crippen molar-refractivity contribution < 1.29 is 18.0 Å². The number of nitrogens with zero attached hydrogens (tertiary/aromatic N) is 3. The summed E-state index contributed by atoms with van der Waals surface area (Å²) in [6.45, 7) is 0. The first-order chi connectivity index (χ1) is 11.4. The number of amides is 1. The molecule has 0 bridgehead atoms. The van der Waals surface area contributed by atoms with Crippen molar-refractivity contribution in [2.75, 3.05) is 5.32 Å². The molecule has 0 radical (unpaired) electrons. The third kappa shape index (κ3) is 3.58. The van der Waals surface area contributed by atoms with E-state index in [4.69, 9.17) is 0 Å². The van der Waals surface area contributed by atoms with Crippen LogP contribution in [0.3, 0.4) is 0 Å². The van der Waals surface area contributed by atoms with E-state index < -0.39 is 23.9 Å². The Morgan fingerprint density at radius 2 is 2.04 bits per heavy atom. The van der Waals surface area contributed by atoms with Crippen molar-refractivity contribution in [2.45, 2.75) is 31.9 Å². The predicted molar refractivity (Wildman–Crippen MR) is 81.5 cm³/mol. The highest BCUT2D eigenvalue weighted by molar-refractivity contribution is 5.92. The van der Waals surface area contributed by atoms with Gasteiger partial charge in [0.1, 0.15) is 0 Å². The van der Waals surface area contributed by atoms with Crippen LogP contribution >= 0.6 is 0 Å². The summed E-state index contributed by atoms with van der Waals surface area (Å²) in [4.78, 5) is 16.4. The number of rotatable bonds is 3. The molecule has 2 atom stereocenters. The van der Waals surface area contributed by atoms with Gasteiger partial charge in [-0.1, -0.05) is 12.8 Å². The lowest BCUT2D eigenvalue weighted by atomic mass is 9.78. The summed E-state index contributed by atoms with van der Waals surface area (Å²) in [5.41, 5.74) is 0.377. The third-order valence-electron chi connectivity index (χ3n) is 4.28. The molecule has 1 amide bonds. The molecule has 5 nitrogen and oxygen atoms in total. The maximum atomic E-state index is 13.1. The van der Waals surface area contributed by atoms with E-state index in [2.05, 4.69) is 15.4 Å². The molecule has 0 unspecified atom stereocenters. The van der Waals surface area contributed by atoms with E-state index in [-0.39, 0.29) is 12.8 Å². The summed E-state index contributed by atoms with van der Waals surface area (Å²) in [6.07, 6.45) is 1.82. The number of anilines is 1. The van der Waals surface area contributed by atoms with E-state index >= 15 is 0 Å². The first kappa shape index (κ1) is 16.5. The summed E-state index contributed by atoms with van der Waals surface area (Å²) >= 11 is 0. The van der Waals surface area contributed by atoms with Crippen LogP contribution in [0.5, 0.6) is 0 Å². The van der Waals surface area contributed by atoms with Crippen LogP contribution in [-0.4, -0.2) is 26.8 Å². The Labute approximate surface area is 136 Å². The Hall–Kier alpha value is -2.38. The number of hydrogen-bond donors (Lipinski definition) is 1. The summed E-state index contributed by atoms with van der Waals surface area (Å²) in [7, 11) is 0. The molecule has 0 aliphatic heterocycles. The van der Waals surface area contributed by atoms with Crippen molar-refractivity contribution in [3.8, 4) is 5.82 Å². The summed E-state index contributed by atoms with van der Waals surface area (Å²) < 4.78 is 40.8. The van der Waals surface area contributed by atoms with Gasteiger partial charge in [-0.2, -0.15) is 18.3 Å². The highest BCUT2D eigenvalue weighted by Gasteiger charge is 2.48. The van der Waals surface area contributed by atoms with Gasteiger partial charge in [-0.15, -0.1) is 0 Å². The van der Waals surface area contributed by atoms with Crippen LogP contribution in [0.4, 0.5) is 18.9 Å². The standard InChI is InChI=1S/C16H17F3N4O/c17-16(18,19)13-5-2-1-4-12(13)15(24)22-11-6-7-14(20-10-11)23-9-3-8-21-23/h3,6-10,12-13H,1-2,4-5H2,(H,22,24)/t12-,13-/m0/s1. The zero-order valence-electron chi connectivity index (χ0n) is 12.8. The van der Waals surface area contributed by atoms with Crippen molar-refractivity contribution in [1.82, 2.24) is 14.8 Å². The fourth-order valence-corrected chi connectivity index (χ4v) is 3.07. The fourth-order valence-electron chi connectivity index (χ4n) is 3.07. The van der Waals surface area contributed by atoms with E-state index in [9.17, 15) is 18.0 Å². The van der Waals surface area contributed by atoms with Crippen LogP contribution in [0, 0.1) is 11.8 Å². The van der Waals surface area contributed by atoms with Crippen molar-refractivity contribution >= 4 is 11.6 Å². The summed E-state index contributed by atoms with van der Waals surface area (Å²) in [5.74, 6) is -2.64. The van der Waals surface area contributed by atoms with Crippen LogP contribution in [-0.2, 0) is 4.79 Å². The summed E-state index contributed by atoms with van der Waals surface area (Å²) in [6, 6.07) is 5.00. The van der Waals surface area contributed by atoms with Gasteiger partial charge in [0, 0.05) is 18.3 Å². The lowest BCUT2D eigenvalue weighted by molar-refractivity contribution is -0.197. The third-order valence-corrected chi connectivity index (χ3v) is 4.28. The van der Waals surface area contributed by atoms with Crippen LogP contribution in [0.15, 0.2) is 36.8 Å². The first-order valence-corrected chi connectivity index (χ1v) is 7.79. The molecule has 24 heavy (non-hydrogen) atoms. The molecule has 1 saturated carbocycles. The van der Waals surface area contributed by atoms with E-state index in [1.807, 2.05) is 0 Å². The number of halogens is 3. The van der Waals surface area contributed by atoms with Crippen LogP contribution in [0.2, 0.25) is 0 Å². The Morgan fingerprint density at radius 1 is 1.25 bits per heavy atom. The van der Waals surface area contributed by atoms with Gasteiger partial charge in [0.25, 0.3) is 0 Å².